The van der Waals surface area contributed by atoms with Gasteiger partial charge in [0.15, 0.2) is 6.10 Å². The lowest BCUT2D eigenvalue weighted by Crippen LogP contribution is -2.46. The number of amides is 1. The second-order valence-corrected chi connectivity index (χ2v) is 6.47. The number of aryl methyl sites for hydroxylation is 1. The van der Waals surface area contributed by atoms with Crippen LogP contribution in [-0.4, -0.2) is 41.3 Å². The number of alkyl halides is 3. The normalized spacial score (nSPS) is 19.2. The van der Waals surface area contributed by atoms with E-state index < -0.39 is 18.2 Å². The van der Waals surface area contributed by atoms with Gasteiger partial charge < -0.3 is 10.0 Å². The number of carbonyl (C=O) groups is 1. The van der Waals surface area contributed by atoms with E-state index in [0.717, 1.165) is 12.0 Å². The van der Waals surface area contributed by atoms with Crippen molar-refractivity contribution in [3.8, 4) is 0 Å². The number of likely N-dealkylation sites (tertiary alicyclic amines) is 1. The average Bonchev–Trinajstić information content (AvgIpc) is 2.59. The van der Waals surface area contributed by atoms with Gasteiger partial charge in [-0.25, -0.2) is 0 Å². The second-order valence-electron chi connectivity index (χ2n) is 6.47. The zero-order chi connectivity index (χ0) is 17.9. The van der Waals surface area contributed by atoms with Gasteiger partial charge in [0.2, 0.25) is 5.91 Å². The highest BCUT2D eigenvalue weighted by Gasteiger charge is 2.44. The van der Waals surface area contributed by atoms with Crippen LogP contribution in [0.5, 0.6) is 0 Å². The molecule has 134 valence electrons. The van der Waals surface area contributed by atoms with Crippen LogP contribution >= 0.6 is 0 Å². The highest BCUT2D eigenvalue weighted by atomic mass is 19.4. The Morgan fingerprint density at radius 1 is 1.25 bits per heavy atom. The van der Waals surface area contributed by atoms with Gasteiger partial charge in [-0.1, -0.05) is 31.2 Å². The van der Waals surface area contributed by atoms with Gasteiger partial charge in [0, 0.05) is 13.1 Å². The third-order valence-corrected chi connectivity index (χ3v) is 4.89. The Hall–Kier alpha value is -1.56. The number of aliphatic hydroxyl groups is 1. The highest BCUT2D eigenvalue weighted by molar-refractivity contribution is 5.83. The van der Waals surface area contributed by atoms with Crippen LogP contribution in [0.2, 0.25) is 0 Å². The number of nitrogens with zero attached hydrogens (tertiary/aromatic N) is 1. The number of hydrogen-bond donors (Lipinski definition) is 1. The summed E-state index contributed by atoms with van der Waals surface area (Å²) in [5.74, 6) is -1.22. The van der Waals surface area contributed by atoms with Crippen molar-refractivity contribution >= 4 is 5.91 Å². The van der Waals surface area contributed by atoms with Crippen LogP contribution in [0.1, 0.15) is 43.7 Å². The first kappa shape index (κ1) is 18.8. The predicted molar refractivity (Wildman–Crippen MR) is 85.6 cm³/mol. The van der Waals surface area contributed by atoms with Crippen molar-refractivity contribution in [3.05, 3.63) is 35.4 Å². The van der Waals surface area contributed by atoms with E-state index in [9.17, 15) is 23.1 Å². The summed E-state index contributed by atoms with van der Waals surface area (Å²) in [4.78, 5) is 14.2. The maximum absolute atomic E-state index is 12.6. The van der Waals surface area contributed by atoms with E-state index in [2.05, 4.69) is 6.92 Å². The van der Waals surface area contributed by atoms with Gasteiger partial charge >= 0.3 is 6.18 Å². The first-order valence-electron chi connectivity index (χ1n) is 8.36. The molecule has 0 spiro atoms. The molecular weight excluding hydrogens is 319 g/mol. The molecular formula is C18H24F3NO2. The minimum atomic E-state index is -4.59. The minimum Gasteiger partial charge on any atom is -0.383 e. The fourth-order valence-electron chi connectivity index (χ4n) is 3.16. The molecule has 1 aromatic carbocycles. The van der Waals surface area contributed by atoms with Crippen molar-refractivity contribution in [1.82, 2.24) is 4.90 Å². The van der Waals surface area contributed by atoms with E-state index in [-0.39, 0.29) is 37.8 Å². The standard InChI is InChI=1S/C18H24F3NO2/c1-3-13-4-6-14(7-5-13)12(2)17(24)22-10-8-15(9-11-22)16(23)18(19,20)21/h4-7,12,15-16,23H,3,8-11H2,1-2H3. The van der Waals surface area contributed by atoms with Crippen LogP contribution in [0.3, 0.4) is 0 Å². The summed E-state index contributed by atoms with van der Waals surface area (Å²) in [6.07, 6.45) is -5.61. The molecule has 0 radical (unpaired) electrons. The number of rotatable bonds is 4. The Morgan fingerprint density at radius 2 is 1.79 bits per heavy atom. The van der Waals surface area contributed by atoms with Gasteiger partial charge in [0.05, 0.1) is 5.92 Å². The van der Waals surface area contributed by atoms with E-state index in [1.807, 2.05) is 31.2 Å². The molecule has 2 atom stereocenters. The van der Waals surface area contributed by atoms with E-state index in [4.69, 9.17) is 0 Å². The first-order chi connectivity index (χ1) is 11.2. The molecule has 0 saturated carbocycles. The molecule has 0 aromatic heterocycles. The van der Waals surface area contributed by atoms with Crippen molar-refractivity contribution in [2.24, 2.45) is 5.92 Å². The van der Waals surface area contributed by atoms with Crippen molar-refractivity contribution in [2.75, 3.05) is 13.1 Å². The third kappa shape index (κ3) is 4.29. The lowest BCUT2D eigenvalue weighted by Gasteiger charge is -2.36. The quantitative estimate of drug-likeness (QED) is 0.909. The van der Waals surface area contributed by atoms with Crippen LogP contribution in [0.15, 0.2) is 24.3 Å². The Balaban J connectivity index is 1.94. The van der Waals surface area contributed by atoms with Crippen molar-refractivity contribution in [2.45, 2.75) is 51.3 Å². The Kier molecular flexibility index (Phi) is 5.91. The number of benzene rings is 1. The number of aliphatic hydroxyl groups excluding tert-OH is 1. The molecule has 1 N–H and O–H groups in total. The summed E-state index contributed by atoms with van der Waals surface area (Å²) in [5, 5.41) is 9.34. The summed E-state index contributed by atoms with van der Waals surface area (Å²) >= 11 is 0. The maximum atomic E-state index is 12.6. The number of halogens is 3. The second kappa shape index (κ2) is 7.55. The molecule has 1 aliphatic rings. The van der Waals surface area contributed by atoms with Gasteiger partial charge in [-0.3, -0.25) is 4.79 Å². The smallest absolute Gasteiger partial charge is 0.383 e. The third-order valence-electron chi connectivity index (χ3n) is 4.89. The SMILES string of the molecule is CCc1ccc(C(C)C(=O)N2CCC(C(O)C(F)(F)F)CC2)cc1. The fourth-order valence-corrected chi connectivity index (χ4v) is 3.16. The van der Waals surface area contributed by atoms with Crippen molar-refractivity contribution in [3.63, 3.8) is 0 Å². The molecule has 24 heavy (non-hydrogen) atoms. The van der Waals surface area contributed by atoms with Gasteiger partial charge in [0.25, 0.3) is 0 Å². The van der Waals surface area contributed by atoms with Crippen molar-refractivity contribution < 1.29 is 23.1 Å². The molecule has 3 nitrogen and oxygen atoms in total. The van der Waals surface area contributed by atoms with Gasteiger partial charge in [-0.15, -0.1) is 0 Å². The van der Waals surface area contributed by atoms with Crippen molar-refractivity contribution in [1.29, 1.82) is 0 Å². The zero-order valence-electron chi connectivity index (χ0n) is 14.0. The van der Waals surface area contributed by atoms with Gasteiger partial charge in [0.1, 0.15) is 0 Å². The maximum Gasteiger partial charge on any atom is 0.414 e. The summed E-state index contributed by atoms with van der Waals surface area (Å²) in [7, 11) is 0. The van der Waals surface area contributed by atoms with Crippen LogP contribution < -0.4 is 0 Å². The lowest BCUT2D eigenvalue weighted by atomic mass is 9.89. The largest absolute Gasteiger partial charge is 0.414 e. The van der Waals surface area contributed by atoms with E-state index in [1.165, 1.54) is 5.56 Å². The van der Waals surface area contributed by atoms with Crippen LogP contribution in [0.25, 0.3) is 0 Å². The minimum absolute atomic E-state index is 0.0702. The van der Waals surface area contributed by atoms with Gasteiger partial charge in [-0.05, 0) is 43.2 Å². The average molecular weight is 343 g/mol. The molecule has 1 saturated heterocycles. The molecule has 0 bridgehead atoms. The van der Waals surface area contributed by atoms with Crippen LogP contribution in [-0.2, 0) is 11.2 Å². The van der Waals surface area contributed by atoms with Crippen LogP contribution in [0.4, 0.5) is 13.2 Å². The fraction of sp³-hybridized carbons (Fsp3) is 0.611. The Bertz CT molecular complexity index is 548. The first-order valence-corrected chi connectivity index (χ1v) is 8.36. The van der Waals surface area contributed by atoms with E-state index >= 15 is 0 Å². The molecule has 2 rings (SSSR count). The Labute approximate surface area is 140 Å². The molecule has 0 aliphatic carbocycles. The van der Waals surface area contributed by atoms with Crippen LogP contribution in [0, 0.1) is 5.92 Å². The highest BCUT2D eigenvalue weighted by Crippen LogP contribution is 2.32. The molecule has 6 heteroatoms. The zero-order valence-corrected chi connectivity index (χ0v) is 14.0. The molecule has 1 aromatic rings. The summed E-state index contributed by atoms with van der Waals surface area (Å²) in [6, 6.07) is 7.85. The molecule has 2 unspecified atom stereocenters. The number of hydrogen-bond acceptors (Lipinski definition) is 2. The molecule has 1 amide bonds. The summed E-state index contributed by atoms with van der Waals surface area (Å²) in [5.41, 5.74) is 2.11. The predicted octanol–water partition coefficient (Wildman–Crippen LogP) is 3.51. The topological polar surface area (TPSA) is 40.5 Å². The molecule has 1 aliphatic heterocycles. The molecule has 1 fully saturated rings. The van der Waals surface area contributed by atoms with Gasteiger partial charge in [-0.2, -0.15) is 13.2 Å². The molecule has 1 heterocycles. The van der Waals surface area contributed by atoms with E-state index in [1.54, 1.807) is 4.90 Å². The number of carbonyl (C=O) groups excluding carboxylic acids is 1. The van der Waals surface area contributed by atoms with E-state index in [0.29, 0.717) is 0 Å². The summed E-state index contributed by atoms with van der Waals surface area (Å²) < 4.78 is 37.7. The lowest BCUT2D eigenvalue weighted by molar-refractivity contribution is -0.223. The Morgan fingerprint density at radius 3 is 2.25 bits per heavy atom. The number of piperidine rings is 1. The monoisotopic (exact) mass is 343 g/mol. The summed E-state index contributed by atoms with van der Waals surface area (Å²) in [6.45, 7) is 4.39.